The normalized spacial score (nSPS) is 14.7. The third kappa shape index (κ3) is 3.97. The van der Waals surface area contributed by atoms with E-state index in [0.29, 0.717) is 5.69 Å². The van der Waals surface area contributed by atoms with Crippen molar-refractivity contribution in [1.82, 2.24) is 14.9 Å². The van der Waals surface area contributed by atoms with E-state index in [9.17, 15) is 9.59 Å². The van der Waals surface area contributed by atoms with Crippen LogP contribution in [-0.4, -0.2) is 39.3 Å². The van der Waals surface area contributed by atoms with Gasteiger partial charge in [-0.15, -0.1) is 11.3 Å². The van der Waals surface area contributed by atoms with Crippen LogP contribution < -0.4 is 5.73 Å². The molecule has 0 spiro atoms. The Kier molecular flexibility index (Phi) is 5.20. The van der Waals surface area contributed by atoms with Crippen molar-refractivity contribution >= 4 is 23.2 Å². The first-order chi connectivity index (χ1) is 11.6. The summed E-state index contributed by atoms with van der Waals surface area (Å²) in [6.45, 7) is -0.0132. The molecule has 0 unspecified atom stereocenters. The topological polar surface area (TPSA) is 89.2 Å². The van der Waals surface area contributed by atoms with Crippen LogP contribution in [0.1, 0.15) is 31.4 Å². The number of pyridine rings is 1. The van der Waals surface area contributed by atoms with Crippen LogP contribution in [0, 0.1) is 0 Å². The monoisotopic (exact) mass is 344 g/mol. The summed E-state index contributed by atoms with van der Waals surface area (Å²) < 4.78 is 0. The number of aromatic nitrogens is 2. The number of amides is 2. The molecule has 0 atom stereocenters. The van der Waals surface area contributed by atoms with E-state index in [1.807, 2.05) is 23.6 Å². The average Bonchev–Trinajstić information content (AvgIpc) is 3.25. The molecule has 1 saturated carbocycles. The predicted molar refractivity (Wildman–Crippen MR) is 92.2 cm³/mol. The van der Waals surface area contributed by atoms with Crippen molar-refractivity contribution in [2.45, 2.75) is 38.1 Å². The summed E-state index contributed by atoms with van der Waals surface area (Å²) in [5, 5.41) is 2.67. The molecule has 0 aliphatic heterocycles. The van der Waals surface area contributed by atoms with E-state index in [-0.39, 0.29) is 24.9 Å². The minimum absolute atomic E-state index is 0.0132. The van der Waals surface area contributed by atoms with Crippen molar-refractivity contribution in [2.24, 2.45) is 5.73 Å². The fourth-order valence-electron chi connectivity index (χ4n) is 3.06. The summed E-state index contributed by atoms with van der Waals surface area (Å²) in [6, 6.07) is 5.77. The van der Waals surface area contributed by atoms with E-state index in [2.05, 4.69) is 9.97 Å². The lowest BCUT2D eigenvalue weighted by molar-refractivity contribution is -0.136. The third-order valence-electron chi connectivity index (χ3n) is 4.18. The second-order valence-electron chi connectivity index (χ2n) is 5.96. The number of carbonyl (C=O) groups is 2. The van der Waals surface area contributed by atoms with E-state index >= 15 is 0 Å². The van der Waals surface area contributed by atoms with E-state index in [1.54, 1.807) is 11.1 Å². The molecule has 126 valence electrons. The lowest BCUT2D eigenvalue weighted by Crippen LogP contribution is -2.44. The Morgan fingerprint density at radius 1 is 1.29 bits per heavy atom. The molecule has 1 fully saturated rings. The molecule has 1 aliphatic carbocycles. The van der Waals surface area contributed by atoms with Gasteiger partial charge in [-0.05, 0) is 25.0 Å². The van der Waals surface area contributed by atoms with Crippen LogP contribution in [0.15, 0.2) is 29.8 Å². The van der Waals surface area contributed by atoms with Gasteiger partial charge in [0.05, 0.1) is 24.4 Å². The molecule has 3 rings (SSSR count). The highest BCUT2D eigenvalue weighted by Gasteiger charge is 2.28. The zero-order valence-corrected chi connectivity index (χ0v) is 14.2. The SMILES string of the molecule is NC(=O)CN(C(=O)Cc1csc(-c2ccccn2)n1)C1CCCC1. The molecule has 6 nitrogen and oxygen atoms in total. The minimum Gasteiger partial charge on any atom is -0.368 e. The Morgan fingerprint density at radius 3 is 2.75 bits per heavy atom. The van der Waals surface area contributed by atoms with Crippen molar-refractivity contribution in [1.29, 1.82) is 0 Å². The lowest BCUT2D eigenvalue weighted by Gasteiger charge is -2.27. The Labute approximate surface area is 144 Å². The summed E-state index contributed by atoms with van der Waals surface area (Å²) in [4.78, 5) is 34.4. The average molecular weight is 344 g/mol. The number of nitrogens with two attached hydrogens (primary N) is 1. The molecule has 2 amide bonds. The van der Waals surface area contributed by atoms with Crippen LogP contribution in [0.3, 0.4) is 0 Å². The highest BCUT2D eigenvalue weighted by molar-refractivity contribution is 7.13. The standard InChI is InChI=1S/C17H20N4O2S/c18-15(22)10-21(13-5-1-2-6-13)16(23)9-12-11-24-17(20-12)14-7-3-4-8-19-14/h3-4,7-8,11,13H,1-2,5-6,9-10H2,(H2,18,22). The molecule has 24 heavy (non-hydrogen) atoms. The predicted octanol–water partition coefficient (Wildman–Crippen LogP) is 2.00. The van der Waals surface area contributed by atoms with Gasteiger partial charge in [-0.3, -0.25) is 14.6 Å². The zero-order valence-electron chi connectivity index (χ0n) is 13.4. The Morgan fingerprint density at radius 2 is 2.08 bits per heavy atom. The minimum atomic E-state index is -0.470. The molecule has 2 N–H and O–H groups in total. The molecule has 2 aromatic rings. The van der Waals surface area contributed by atoms with Gasteiger partial charge in [0.1, 0.15) is 5.01 Å². The summed E-state index contributed by atoms with van der Waals surface area (Å²) in [5.41, 5.74) is 6.82. The molecular formula is C17H20N4O2S. The maximum Gasteiger partial charge on any atom is 0.237 e. The first kappa shape index (κ1) is 16.6. The van der Waals surface area contributed by atoms with Gasteiger partial charge < -0.3 is 10.6 Å². The van der Waals surface area contributed by atoms with Crippen LogP contribution in [0.4, 0.5) is 0 Å². The zero-order chi connectivity index (χ0) is 16.9. The van der Waals surface area contributed by atoms with Gasteiger partial charge >= 0.3 is 0 Å². The Hall–Kier alpha value is -2.28. The van der Waals surface area contributed by atoms with Gasteiger partial charge in [0, 0.05) is 17.6 Å². The lowest BCUT2D eigenvalue weighted by atomic mass is 10.2. The van der Waals surface area contributed by atoms with Gasteiger partial charge in [-0.1, -0.05) is 18.9 Å². The van der Waals surface area contributed by atoms with Gasteiger partial charge in [0.2, 0.25) is 11.8 Å². The molecule has 7 heteroatoms. The van der Waals surface area contributed by atoms with Crippen molar-refractivity contribution in [3.05, 3.63) is 35.5 Å². The summed E-state index contributed by atoms with van der Waals surface area (Å²) >= 11 is 1.47. The van der Waals surface area contributed by atoms with E-state index < -0.39 is 5.91 Å². The van der Waals surface area contributed by atoms with Gasteiger partial charge in [0.15, 0.2) is 0 Å². The number of hydrogen-bond acceptors (Lipinski definition) is 5. The maximum absolute atomic E-state index is 12.6. The molecule has 0 saturated heterocycles. The van der Waals surface area contributed by atoms with Crippen molar-refractivity contribution in [2.75, 3.05) is 6.54 Å². The first-order valence-corrected chi connectivity index (χ1v) is 8.95. The van der Waals surface area contributed by atoms with Crippen molar-refractivity contribution < 1.29 is 9.59 Å². The van der Waals surface area contributed by atoms with E-state index in [1.165, 1.54) is 11.3 Å². The highest BCUT2D eigenvalue weighted by Crippen LogP contribution is 2.25. The van der Waals surface area contributed by atoms with Crippen LogP contribution in [0.25, 0.3) is 10.7 Å². The quantitative estimate of drug-likeness (QED) is 0.868. The Bertz CT molecular complexity index is 710. The van der Waals surface area contributed by atoms with E-state index in [0.717, 1.165) is 36.4 Å². The van der Waals surface area contributed by atoms with Crippen LogP contribution in [-0.2, 0) is 16.0 Å². The molecule has 1 aliphatic rings. The fourth-order valence-corrected chi connectivity index (χ4v) is 3.85. The van der Waals surface area contributed by atoms with Crippen molar-refractivity contribution in [3.8, 4) is 10.7 Å². The summed E-state index contributed by atoms with van der Waals surface area (Å²) in [5.74, 6) is -0.554. The third-order valence-corrected chi connectivity index (χ3v) is 5.09. The van der Waals surface area contributed by atoms with Crippen LogP contribution >= 0.6 is 11.3 Å². The van der Waals surface area contributed by atoms with Crippen LogP contribution in [0.2, 0.25) is 0 Å². The summed E-state index contributed by atoms with van der Waals surface area (Å²) in [7, 11) is 0. The fraction of sp³-hybridized carbons (Fsp3) is 0.412. The number of primary amides is 1. The van der Waals surface area contributed by atoms with E-state index in [4.69, 9.17) is 5.73 Å². The van der Waals surface area contributed by atoms with Gasteiger partial charge in [-0.2, -0.15) is 0 Å². The highest BCUT2D eigenvalue weighted by atomic mass is 32.1. The first-order valence-electron chi connectivity index (χ1n) is 8.07. The van der Waals surface area contributed by atoms with Crippen molar-refractivity contribution in [3.63, 3.8) is 0 Å². The largest absolute Gasteiger partial charge is 0.368 e. The van der Waals surface area contributed by atoms with Gasteiger partial charge in [0.25, 0.3) is 0 Å². The Balaban J connectivity index is 1.70. The van der Waals surface area contributed by atoms with Gasteiger partial charge in [-0.25, -0.2) is 4.98 Å². The molecular weight excluding hydrogens is 324 g/mol. The summed E-state index contributed by atoms with van der Waals surface area (Å²) in [6.07, 6.45) is 5.97. The molecule has 0 radical (unpaired) electrons. The molecule has 2 heterocycles. The number of carbonyl (C=O) groups excluding carboxylic acids is 2. The number of hydrogen-bond donors (Lipinski definition) is 1. The second kappa shape index (κ2) is 7.53. The maximum atomic E-state index is 12.6. The number of nitrogens with zero attached hydrogens (tertiary/aromatic N) is 3. The second-order valence-corrected chi connectivity index (χ2v) is 6.82. The molecule has 2 aromatic heterocycles. The number of rotatable bonds is 6. The van der Waals surface area contributed by atoms with Crippen LogP contribution in [0.5, 0.6) is 0 Å². The molecule has 0 bridgehead atoms. The smallest absolute Gasteiger partial charge is 0.237 e. The number of thiazole rings is 1. The molecule has 0 aromatic carbocycles.